The van der Waals surface area contributed by atoms with Crippen molar-refractivity contribution in [3.63, 3.8) is 0 Å². The van der Waals surface area contributed by atoms with Crippen LogP contribution >= 0.6 is 0 Å². The molecule has 1 aromatic heterocycles. The largest absolute Gasteiger partial charge is 0.374 e. The van der Waals surface area contributed by atoms with Gasteiger partial charge < -0.3 is 16.3 Å². The number of anilines is 1. The summed E-state index contributed by atoms with van der Waals surface area (Å²) in [6.45, 7) is 1.81. The van der Waals surface area contributed by atoms with Crippen molar-refractivity contribution in [2.24, 2.45) is 0 Å². The average molecular weight is 157 g/mol. The van der Waals surface area contributed by atoms with E-state index in [9.17, 15) is 0 Å². The molecule has 1 rings (SSSR count). The monoisotopic (exact) mass is 157 g/mol. The minimum atomic E-state index is -0.190. The van der Waals surface area contributed by atoms with E-state index in [2.05, 4.69) is 10.2 Å². The number of nitrogens with two attached hydrogens (primary N) is 2. The summed E-state index contributed by atoms with van der Waals surface area (Å²) in [5.74, 6) is 6.17. The third-order valence-electron chi connectivity index (χ3n) is 1.47. The van der Waals surface area contributed by atoms with E-state index in [1.807, 2.05) is 6.92 Å². The number of hydrogen-bond acceptors (Lipinski definition) is 5. The highest BCUT2D eigenvalue weighted by Crippen LogP contribution is 2.11. The molecule has 1 aromatic rings. The molecule has 0 saturated heterocycles. The molecule has 0 aromatic carbocycles. The lowest BCUT2D eigenvalue weighted by Crippen LogP contribution is -2.17. The van der Waals surface area contributed by atoms with E-state index in [-0.39, 0.29) is 12.1 Å². The van der Waals surface area contributed by atoms with Gasteiger partial charge in [-0.1, -0.05) is 0 Å². The number of rotatable bonds is 2. The molecule has 0 aliphatic heterocycles. The Bertz CT molecular complexity index is 245. The maximum absolute atomic E-state index is 5.47. The van der Waals surface area contributed by atoms with Crippen molar-refractivity contribution in [3.8, 4) is 0 Å². The zero-order chi connectivity index (χ0) is 8.43. The van der Waals surface area contributed by atoms with Crippen LogP contribution in [-0.4, -0.2) is 22.0 Å². The van der Waals surface area contributed by atoms with Crippen LogP contribution in [0.2, 0.25) is 0 Å². The summed E-state index contributed by atoms with van der Waals surface area (Å²) in [5, 5.41) is 7.29. The number of methoxy groups -OCH3 is 1. The molecular formula is C5H11N5O. The molecule has 0 radical (unpaired) electrons. The molecule has 1 atom stereocenters. The van der Waals surface area contributed by atoms with Crippen LogP contribution in [-0.2, 0) is 4.74 Å². The van der Waals surface area contributed by atoms with E-state index in [1.165, 1.54) is 4.68 Å². The molecule has 6 heteroatoms. The van der Waals surface area contributed by atoms with E-state index in [1.54, 1.807) is 7.11 Å². The smallest absolute Gasteiger partial charge is 0.240 e. The van der Waals surface area contributed by atoms with Crippen LogP contribution in [0.3, 0.4) is 0 Å². The molecule has 0 aliphatic carbocycles. The topological polar surface area (TPSA) is 92.0 Å². The normalized spacial score (nSPS) is 13.3. The predicted molar refractivity (Wildman–Crippen MR) is 40.0 cm³/mol. The Labute approximate surface area is 64.1 Å². The highest BCUT2D eigenvalue weighted by Gasteiger charge is 2.12. The molecule has 0 amide bonds. The Kier molecular flexibility index (Phi) is 1.95. The lowest BCUT2D eigenvalue weighted by Gasteiger charge is -2.06. The first kappa shape index (κ1) is 7.80. The molecule has 0 saturated carbocycles. The van der Waals surface area contributed by atoms with E-state index in [0.29, 0.717) is 5.82 Å². The van der Waals surface area contributed by atoms with Crippen LogP contribution in [0.5, 0.6) is 0 Å². The summed E-state index contributed by atoms with van der Waals surface area (Å²) in [6.07, 6.45) is -0.190. The first-order valence-electron chi connectivity index (χ1n) is 3.15. The number of nitrogen functional groups attached to an aromatic ring is 2. The van der Waals surface area contributed by atoms with Crippen molar-refractivity contribution >= 4 is 5.95 Å². The third kappa shape index (κ3) is 1.25. The SMILES string of the molecule is COC(C)c1nnc(N)n1N. The molecule has 1 unspecified atom stereocenters. The number of nitrogens with zero attached hydrogens (tertiary/aromatic N) is 3. The van der Waals surface area contributed by atoms with E-state index < -0.39 is 0 Å². The summed E-state index contributed by atoms with van der Waals surface area (Å²) in [5.41, 5.74) is 5.34. The van der Waals surface area contributed by atoms with Crippen LogP contribution < -0.4 is 11.6 Å². The quantitative estimate of drug-likeness (QED) is 0.553. The zero-order valence-corrected chi connectivity index (χ0v) is 6.48. The van der Waals surface area contributed by atoms with E-state index in [4.69, 9.17) is 16.3 Å². The molecule has 1 heterocycles. The van der Waals surface area contributed by atoms with Crippen molar-refractivity contribution in [1.29, 1.82) is 0 Å². The minimum absolute atomic E-state index is 0.184. The molecular weight excluding hydrogens is 146 g/mol. The predicted octanol–water partition coefficient (Wildman–Crippen LogP) is -0.718. The van der Waals surface area contributed by atoms with Crippen molar-refractivity contribution in [2.45, 2.75) is 13.0 Å². The molecule has 0 spiro atoms. The lowest BCUT2D eigenvalue weighted by atomic mass is 10.4. The molecule has 6 nitrogen and oxygen atoms in total. The fourth-order valence-electron chi connectivity index (χ4n) is 0.699. The van der Waals surface area contributed by atoms with Crippen LogP contribution in [0.1, 0.15) is 18.9 Å². The summed E-state index contributed by atoms with van der Waals surface area (Å²) in [7, 11) is 1.57. The van der Waals surface area contributed by atoms with Gasteiger partial charge in [-0.25, -0.2) is 4.68 Å². The Hall–Kier alpha value is -1.30. The Morgan fingerprint density at radius 2 is 2.18 bits per heavy atom. The van der Waals surface area contributed by atoms with Crippen LogP contribution in [0.25, 0.3) is 0 Å². The van der Waals surface area contributed by atoms with Gasteiger partial charge in [0.15, 0.2) is 5.82 Å². The summed E-state index contributed by atoms with van der Waals surface area (Å²) < 4.78 is 6.17. The Morgan fingerprint density at radius 3 is 2.55 bits per heavy atom. The highest BCUT2D eigenvalue weighted by molar-refractivity contribution is 5.17. The van der Waals surface area contributed by atoms with Gasteiger partial charge in [-0.15, -0.1) is 10.2 Å². The van der Waals surface area contributed by atoms with Crippen molar-refractivity contribution in [1.82, 2.24) is 14.9 Å². The number of hydrogen-bond donors (Lipinski definition) is 2. The second kappa shape index (κ2) is 2.75. The Balaban J connectivity index is 2.94. The van der Waals surface area contributed by atoms with Crippen molar-refractivity contribution in [2.75, 3.05) is 18.7 Å². The molecule has 62 valence electrons. The number of aromatic nitrogens is 3. The van der Waals surface area contributed by atoms with Gasteiger partial charge in [-0.3, -0.25) is 0 Å². The molecule has 11 heavy (non-hydrogen) atoms. The van der Waals surface area contributed by atoms with E-state index >= 15 is 0 Å². The van der Waals surface area contributed by atoms with Gasteiger partial charge in [-0.2, -0.15) is 0 Å². The summed E-state index contributed by atoms with van der Waals surface area (Å²) in [4.78, 5) is 0. The zero-order valence-electron chi connectivity index (χ0n) is 6.48. The molecule has 0 aliphatic rings. The standard InChI is InChI=1S/C5H11N5O/c1-3(11-2)4-8-9-5(6)10(4)7/h3H,7H2,1-2H3,(H2,6,9). The van der Waals surface area contributed by atoms with Crippen LogP contribution in [0, 0.1) is 0 Å². The molecule has 4 N–H and O–H groups in total. The number of ether oxygens (including phenoxy) is 1. The fraction of sp³-hybridized carbons (Fsp3) is 0.600. The molecule has 0 bridgehead atoms. The van der Waals surface area contributed by atoms with Gasteiger partial charge in [0.1, 0.15) is 6.10 Å². The van der Waals surface area contributed by atoms with Crippen LogP contribution in [0.4, 0.5) is 5.95 Å². The third-order valence-corrected chi connectivity index (χ3v) is 1.47. The summed E-state index contributed by atoms with van der Waals surface area (Å²) >= 11 is 0. The second-order valence-corrected chi connectivity index (χ2v) is 2.16. The van der Waals surface area contributed by atoms with Gasteiger partial charge in [0.2, 0.25) is 5.95 Å². The second-order valence-electron chi connectivity index (χ2n) is 2.16. The minimum Gasteiger partial charge on any atom is -0.374 e. The first-order valence-corrected chi connectivity index (χ1v) is 3.15. The maximum Gasteiger partial charge on any atom is 0.240 e. The van der Waals surface area contributed by atoms with Crippen molar-refractivity contribution < 1.29 is 4.74 Å². The van der Waals surface area contributed by atoms with Crippen molar-refractivity contribution in [3.05, 3.63) is 5.82 Å². The average Bonchev–Trinajstić information content (AvgIpc) is 2.32. The van der Waals surface area contributed by atoms with Gasteiger partial charge in [0.05, 0.1) is 0 Å². The summed E-state index contributed by atoms with van der Waals surface area (Å²) in [6, 6.07) is 0. The fourth-order valence-corrected chi connectivity index (χ4v) is 0.699. The van der Waals surface area contributed by atoms with E-state index in [0.717, 1.165) is 0 Å². The highest BCUT2D eigenvalue weighted by atomic mass is 16.5. The van der Waals surface area contributed by atoms with Gasteiger partial charge in [0, 0.05) is 7.11 Å². The lowest BCUT2D eigenvalue weighted by molar-refractivity contribution is 0.110. The maximum atomic E-state index is 5.47. The Morgan fingerprint density at radius 1 is 1.55 bits per heavy atom. The first-order chi connectivity index (χ1) is 5.16. The molecule has 0 fully saturated rings. The van der Waals surface area contributed by atoms with Gasteiger partial charge >= 0.3 is 0 Å². The van der Waals surface area contributed by atoms with Crippen LogP contribution in [0.15, 0.2) is 0 Å². The van der Waals surface area contributed by atoms with Gasteiger partial charge in [-0.05, 0) is 6.92 Å². The van der Waals surface area contributed by atoms with Gasteiger partial charge in [0.25, 0.3) is 0 Å².